The molecule has 1 aliphatic rings. The summed E-state index contributed by atoms with van der Waals surface area (Å²) in [7, 11) is 0. The molecule has 2 amide bonds. The van der Waals surface area contributed by atoms with Gasteiger partial charge in [0.2, 0.25) is 5.82 Å². The van der Waals surface area contributed by atoms with Crippen molar-refractivity contribution in [3.63, 3.8) is 0 Å². The molecule has 11 heteroatoms. The van der Waals surface area contributed by atoms with Crippen LogP contribution in [0.5, 0.6) is 5.75 Å². The smallest absolute Gasteiger partial charge is 0.483 e. The molecule has 4 rings (SSSR count). The lowest BCUT2D eigenvalue weighted by atomic mass is 9.98. The fourth-order valence-electron chi connectivity index (χ4n) is 4.13. The largest absolute Gasteiger partial charge is 0.513 e. The molecule has 1 aromatic carbocycles. The van der Waals surface area contributed by atoms with Gasteiger partial charge in [0.15, 0.2) is 6.10 Å². The first-order chi connectivity index (χ1) is 17.5. The van der Waals surface area contributed by atoms with Crippen LogP contribution in [0, 0.1) is 5.92 Å². The molecule has 3 aromatic rings. The lowest BCUT2D eigenvalue weighted by Crippen LogP contribution is -2.91. The molecule has 11 nitrogen and oxygen atoms in total. The summed E-state index contributed by atoms with van der Waals surface area (Å²) in [5, 5.41) is 14.5. The number of tetrazole rings is 1. The van der Waals surface area contributed by atoms with Crippen LogP contribution in [0.3, 0.4) is 0 Å². The molecule has 2 atom stereocenters. The van der Waals surface area contributed by atoms with Crippen molar-refractivity contribution in [2.24, 2.45) is 5.92 Å². The predicted molar refractivity (Wildman–Crippen MR) is 135 cm³/mol. The summed E-state index contributed by atoms with van der Waals surface area (Å²) in [6.07, 6.45) is 2.49. The number of nitrogens with zero attached hydrogens (tertiary/aromatic N) is 6. The van der Waals surface area contributed by atoms with Gasteiger partial charge in [0.25, 0.3) is 5.91 Å². The zero-order valence-electron chi connectivity index (χ0n) is 22.1. The number of carbonyl (C=O) groups is 2. The highest BCUT2D eigenvalue weighted by molar-refractivity contribution is 5.99. The molecule has 37 heavy (non-hydrogen) atoms. The van der Waals surface area contributed by atoms with Gasteiger partial charge in [-0.15, -0.1) is 15.0 Å². The molecule has 0 radical (unpaired) electrons. The van der Waals surface area contributed by atoms with Crippen molar-refractivity contribution < 1.29 is 24.4 Å². The number of ether oxygens (including phenoxy) is 2. The summed E-state index contributed by atoms with van der Waals surface area (Å²) in [4.78, 5) is 33.3. The first-order valence-electron chi connectivity index (χ1n) is 12.4. The van der Waals surface area contributed by atoms with E-state index in [1.54, 1.807) is 42.7 Å². The number of fused-ring (bicyclic) bond motifs is 1. The van der Waals surface area contributed by atoms with Gasteiger partial charge in [-0.1, -0.05) is 13.0 Å². The number of aromatic nitrogens is 5. The van der Waals surface area contributed by atoms with Crippen LogP contribution in [0.1, 0.15) is 51.9 Å². The van der Waals surface area contributed by atoms with Crippen molar-refractivity contribution in [3.8, 4) is 22.8 Å². The van der Waals surface area contributed by atoms with Gasteiger partial charge in [-0.3, -0.25) is 9.78 Å². The Morgan fingerprint density at radius 1 is 1.19 bits per heavy atom. The molecule has 1 aliphatic heterocycles. The molecule has 0 saturated carbocycles. The Morgan fingerprint density at radius 2 is 1.89 bits per heavy atom. The van der Waals surface area contributed by atoms with E-state index >= 15 is 0 Å². The fraction of sp³-hybridized carbons (Fsp3) is 0.462. The summed E-state index contributed by atoms with van der Waals surface area (Å²) in [5.74, 6) is 0.503. The first-order valence-corrected chi connectivity index (χ1v) is 12.4. The molecular formula is C26H34N7O4+. The van der Waals surface area contributed by atoms with Crippen molar-refractivity contribution in [1.82, 2.24) is 30.1 Å². The van der Waals surface area contributed by atoms with E-state index in [2.05, 4.69) is 20.4 Å². The lowest BCUT2D eigenvalue weighted by molar-refractivity contribution is -0.580. The molecule has 2 aromatic heterocycles. The number of para-hydroxylation sites is 1. The van der Waals surface area contributed by atoms with E-state index in [1.807, 2.05) is 46.4 Å². The molecule has 2 N–H and O–H groups in total. The average molecular weight is 509 g/mol. The molecule has 3 heterocycles. The second kappa shape index (κ2) is 10.6. The minimum absolute atomic E-state index is 0.0225. The van der Waals surface area contributed by atoms with Gasteiger partial charge < -0.3 is 14.4 Å². The molecule has 0 spiro atoms. The molecule has 0 bridgehead atoms. The zero-order valence-corrected chi connectivity index (χ0v) is 22.1. The number of amides is 2. The third-order valence-corrected chi connectivity index (χ3v) is 5.99. The number of pyridine rings is 1. The number of hydrogen-bond acceptors (Lipinski definition) is 8. The van der Waals surface area contributed by atoms with E-state index < -0.39 is 17.8 Å². The number of benzene rings is 1. The van der Waals surface area contributed by atoms with Gasteiger partial charge in [0.1, 0.15) is 17.9 Å². The highest BCUT2D eigenvalue weighted by atomic mass is 16.6. The fourth-order valence-corrected chi connectivity index (χ4v) is 4.13. The lowest BCUT2D eigenvalue weighted by Gasteiger charge is -2.36. The van der Waals surface area contributed by atoms with Crippen molar-refractivity contribution in [2.45, 2.75) is 59.3 Å². The van der Waals surface area contributed by atoms with Gasteiger partial charge in [-0.05, 0) is 64.1 Å². The van der Waals surface area contributed by atoms with Crippen LogP contribution in [0.15, 0.2) is 42.7 Å². The third-order valence-electron chi connectivity index (χ3n) is 5.99. The number of hydrogen-bond donors (Lipinski definition) is 1. The number of primary amides is 1. The van der Waals surface area contributed by atoms with Crippen LogP contribution in [-0.4, -0.2) is 72.9 Å². The van der Waals surface area contributed by atoms with Crippen molar-refractivity contribution in [2.75, 3.05) is 13.1 Å². The molecular weight excluding hydrogens is 474 g/mol. The summed E-state index contributed by atoms with van der Waals surface area (Å²) in [5.41, 5.74) is 1.08. The van der Waals surface area contributed by atoms with Crippen LogP contribution in [0.2, 0.25) is 0 Å². The number of rotatable bonds is 5. The van der Waals surface area contributed by atoms with Crippen LogP contribution in [-0.2, 0) is 4.74 Å². The Bertz CT molecular complexity index is 1250. The number of quaternary nitrogens is 1. The van der Waals surface area contributed by atoms with E-state index in [0.717, 1.165) is 0 Å². The summed E-state index contributed by atoms with van der Waals surface area (Å²) < 4.78 is 12.0. The van der Waals surface area contributed by atoms with Gasteiger partial charge >= 0.3 is 6.09 Å². The van der Waals surface area contributed by atoms with Gasteiger partial charge in [-0.2, -0.15) is 4.79 Å². The second-order valence-electron chi connectivity index (χ2n) is 10.4. The zero-order chi connectivity index (χ0) is 26.7. The van der Waals surface area contributed by atoms with Crippen molar-refractivity contribution in [3.05, 3.63) is 48.3 Å². The van der Waals surface area contributed by atoms with E-state index in [-0.39, 0.29) is 17.9 Å². The van der Waals surface area contributed by atoms with Crippen molar-refractivity contribution in [1.29, 1.82) is 0 Å². The monoisotopic (exact) mass is 508 g/mol. The second-order valence-corrected chi connectivity index (χ2v) is 10.4. The standard InChI is InChI=1S/C26H33N7O4/c1-16(2)32-15-17(3)21(14-28-25(35)37-26(4,5)6)36-22-19(8-7-9-20(22)24(32)34)23-29-31-33(30-23)18-10-12-27-13-11-18/h7-13,16-17,21H,14-15H2,1-6H3,(H,28,35)/p+1/t17-,21?/m0/s1. The minimum atomic E-state index is -0.589. The normalized spacial score (nSPS) is 18.1. The Kier molecular flexibility index (Phi) is 7.53. The SMILES string of the molecule is CC(C)N1C[C@H](C)C(C[NH2+]C(=O)OC(C)(C)C)Oc2c(cccc2-c2nnn(-c3ccncc3)n2)C1=O. The van der Waals surface area contributed by atoms with Crippen LogP contribution < -0.4 is 10.1 Å². The summed E-state index contributed by atoms with van der Waals surface area (Å²) >= 11 is 0. The van der Waals surface area contributed by atoms with E-state index in [4.69, 9.17) is 9.47 Å². The Balaban J connectivity index is 1.71. The maximum atomic E-state index is 13.6. The van der Waals surface area contributed by atoms with Crippen LogP contribution in [0.25, 0.3) is 17.1 Å². The number of nitrogens with two attached hydrogens (primary N) is 1. The average Bonchev–Trinajstić information content (AvgIpc) is 3.33. The molecule has 196 valence electrons. The highest BCUT2D eigenvalue weighted by Crippen LogP contribution is 2.35. The third kappa shape index (κ3) is 6.11. The first kappa shape index (κ1) is 26.2. The Labute approximate surface area is 216 Å². The maximum Gasteiger partial charge on any atom is 0.513 e. The molecule has 0 saturated heterocycles. The van der Waals surface area contributed by atoms with Crippen LogP contribution in [0.4, 0.5) is 4.79 Å². The van der Waals surface area contributed by atoms with Crippen LogP contribution >= 0.6 is 0 Å². The maximum absolute atomic E-state index is 13.6. The van der Waals surface area contributed by atoms with Crippen molar-refractivity contribution >= 4 is 12.0 Å². The summed E-state index contributed by atoms with van der Waals surface area (Å²) in [6, 6.07) is 8.85. The van der Waals surface area contributed by atoms with Gasteiger partial charge in [0.05, 0.1) is 16.8 Å². The minimum Gasteiger partial charge on any atom is -0.483 e. The molecule has 0 aliphatic carbocycles. The highest BCUT2D eigenvalue weighted by Gasteiger charge is 2.35. The predicted octanol–water partition coefficient (Wildman–Crippen LogP) is 2.47. The van der Waals surface area contributed by atoms with E-state index in [0.29, 0.717) is 41.5 Å². The van der Waals surface area contributed by atoms with E-state index in [9.17, 15) is 9.59 Å². The summed E-state index contributed by atoms with van der Waals surface area (Å²) in [6.45, 7) is 12.3. The Morgan fingerprint density at radius 3 is 2.57 bits per heavy atom. The topological polar surface area (TPSA) is 129 Å². The number of carbonyl (C=O) groups excluding carboxylic acids is 2. The van der Waals surface area contributed by atoms with Gasteiger partial charge in [0, 0.05) is 30.9 Å². The van der Waals surface area contributed by atoms with E-state index in [1.165, 1.54) is 10.1 Å². The molecule has 0 fully saturated rings. The van der Waals surface area contributed by atoms with Gasteiger partial charge in [-0.25, -0.2) is 5.32 Å². The quantitative estimate of drug-likeness (QED) is 0.557. The Hall–Kier alpha value is -3.86. The molecule has 1 unspecified atom stereocenters.